The van der Waals surface area contributed by atoms with Gasteiger partial charge in [0.1, 0.15) is 0 Å². The normalized spacial score (nSPS) is 34.5. The summed E-state index contributed by atoms with van der Waals surface area (Å²) in [6, 6.07) is 0. The van der Waals surface area contributed by atoms with Crippen molar-refractivity contribution < 1.29 is 0 Å². The number of halogens is 1. The molecule has 0 spiro atoms. The van der Waals surface area contributed by atoms with Gasteiger partial charge in [0.05, 0.1) is 11.6 Å². The number of rotatable bonds is 3. The van der Waals surface area contributed by atoms with Gasteiger partial charge in [0.2, 0.25) is 0 Å². The van der Waals surface area contributed by atoms with Crippen LogP contribution in [0.4, 0.5) is 0 Å². The largest absolute Gasteiger partial charge is 0.272 e. The van der Waals surface area contributed by atoms with Gasteiger partial charge in [-0.25, -0.2) is 0 Å². The molecular weight excluding hydrogens is 220 g/mol. The Morgan fingerprint density at radius 3 is 2.94 bits per heavy atom. The number of hydrogen-bond acceptors (Lipinski definition) is 1. The highest BCUT2D eigenvalue weighted by Crippen LogP contribution is 2.48. The van der Waals surface area contributed by atoms with Crippen molar-refractivity contribution in [3.63, 3.8) is 0 Å². The van der Waals surface area contributed by atoms with E-state index in [1.165, 1.54) is 25.7 Å². The Labute approximate surface area is 102 Å². The monoisotopic (exact) mass is 238 g/mol. The molecule has 3 rings (SSSR count). The molecule has 88 valence electrons. The van der Waals surface area contributed by atoms with Crippen LogP contribution < -0.4 is 0 Å². The third-order valence-corrected chi connectivity index (χ3v) is 4.67. The molecule has 3 heteroatoms. The molecule has 2 saturated carbocycles. The second-order valence-corrected chi connectivity index (χ2v) is 6.20. The Kier molecular flexibility index (Phi) is 2.70. The van der Waals surface area contributed by atoms with Crippen LogP contribution in [0.2, 0.25) is 0 Å². The molecule has 2 fully saturated rings. The Morgan fingerprint density at radius 2 is 2.38 bits per heavy atom. The SMILES string of the molecule is CC(Cl)c1cnn(CC2CC3CCC2C3)c1. The van der Waals surface area contributed by atoms with Crippen LogP contribution in [0.25, 0.3) is 0 Å². The van der Waals surface area contributed by atoms with Gasteiger partial charge >= 0.3 is 0 Å². The predicted molar refractivity (Wildman–Crippen MR) is 65.4 cm³/mol. The van der Waals surface area contributed by atoms with Gasteiger partial charge in [-0.2, -0.15) is 5.10 Å². The van der Waals surface area contributed by atoms with Crippen molar-refractivity contribution in [2.24, 2.45) is 17.8 Å². The van der Waals surface area contributed by atoms with Crippen LogP contribution in [-0.2, 0) is 6.54 Å². The molecule has 2 bridgehead atoms. The molecule has 2 aliphatic rings. The highest BCUT2D eigenvalue weighted by molar-refractivity contribution is 6.20. The minimum absolute atomic E-state index is 0.0776. The van der Waals surface area contributed by atoms with Crippen molar-refractivity contribution in [2.45, 2.75) is 44.5 Å². The Balaban J connectivity index is 1.65. The molecule has 16 heavy (non-hydrogen) atoms. The molecule has 0 radical (unpaired) electrons. The van der Waals surface area contributed by atoms with Gasteiger partial charge in [-0.1, -0.05) is 6.42 Å². The van der Waals surface area contributed by atoms with Crippen LogP contribution >= 0.6 is 11.6 Å². The molecule has 0 aliphatic heterocycles. The van der Waals surface area contributed by atoms with Gasteiger partial charge in [0.15, 0.2) is 0 Å². The van der Waals surface area contributed by atoms with E-state index in [1.54, 1.807) is 0 Å². The molecule has 0 aromatic carbocycles. The molecule has 1 aromatic rings. The van der Waals surface area contributed by atoms with Crippen molar-refractivity contribution in [3.8, 4) is 0 Å². The fourth-order valence-electron chi connectivity index (χ4n) is 3.53. The van der Waals surface area contributed by atoms with Crippen molar-refractivity contribution >= 4 is 11.6 Å². The van der Waals surface area contributed by atoms with E-state index in [2.05, 4.69) is 16.0 Å². The van der Waals surface area contributed by atoms with Gasteiger partial charge < -0.3 is 0 Å². The van der Waals surface area contributed by atoms with E-state index in [-0.39, 0.29) is 5.38 Å². The smallest absolute Gasteiger partial charge is 0.0588 e. The average molecular weight is 239 g/mol. The number of hydrogen-bond donors (Lipinski definition) is 0. The Morgan fingerprint density at radius 1 is 1.50 bits per heavy atom. The molecule has 4 atom stereocenters. The lowest BCUT2D eigenvalue weighted by Crippen LogP contribution is -2.17. The van der Waals surface area contributed by atoms with Crippen molar-refractivity contribution in [1.82, 2.24) is 9.78 Å². The van der Waals surface area contributed by atoms with E-state index < -0.39 is 0 Å². The molecule has 1 aromatic heterocycles. The molecule has 2 aliphatic carbocycles. The zero-order chi connectivity index (χ0) is 11.1. The summed E-state index contributed by atoms with van der Waals surface area (Å²) in [5, 5.41) is 4.49. The summed E-state index contributed by atoms with van der Waals surface area (Å²) in [6.07, 6.45) is 9.86. The minimum atomic E-state index is 0.0776. The predicted octanol–water partition coefficient (Wildman–Crippen LogP) is 3.62. The summed E-state index contributed by atoms with van der Waals surface area (Å²) >= 11 is 6.04. The molecule has 0 N–H and O–H groups in total. The maximum atomic E-state index is 6.04. The summed E-state index contributed by atoms with van der Waals surface area (Å²) in [4.78, 5) is 0. The maximum Gasteiger partial charge on any atom is 0.0588 e. The van der Waals surface area contributed by atoms with E-state index in [0.717, 1.165) is 29.9 Å². The molecule has 0 amide bonds. The van der Waals surface area contributed by atoms with E-state index in [1.807, 2.05) is 13.1 Å². The van der Waals surface area contributed by atoms with Crippen LogP contribution in [0.1, 0.15) is 43.5 Å². The second kappa shape index (κ2) is 4.06. The topological polar surface area (TPSA) is 17.8 Å². The Bertz CT molecular complexity index is 372. The first kappa shape index (κ1) is 10.6. The van der Waals surface area contributed by atoms with Gasteiger partial charge in [-0.15, -0.1) is 11.6 Å². The van der Waals surface area contributed by atoms with Crippen LogP contribution in [-0.4, -0.2) is 9.78 Å². The number of alkyl halides is 1. The first-order chi connectivity index (χ1) is 7.72. The third-order valence-electron chi connectivity index (χ3n) is 4.42. The fraction of sp³-hybridized carbons (Fsp3) is 0.769. The molecule has 1 heterocycles. The summed E-state index contributed by atoms with van der Waals surface area (Å²) in [7, 11) is 0. The zero-order valence-electron chi connectivity index (χ0n) is 9.77. The molecule has 4 unspecified atom stereocenters. The van der Waals surface area contributed by atoms with E-state index in [0.29, 0.717) is 0 Å². The van der Waals surface area contributed by atoms with E-state index >= 15 is 0 Å². The first-order valence-electron chi connectivity index (χ1n) is 6.39. The molecule has 0 saturated heterocycles. The van der Waals surface area contributed by atoms with Crippen LogP contribution in [0, 0.1) is 17.8 Å². The third kappa shape index (κ3) is 1.88. The Hall–Kier alpha value is -0.500. The van der Waals surface area contributed by atoms with Crippen molar-refractivity contribution in [2.75, 3.05) is 0 Å². The van der Waals surface area contributed by atoms with E-state index in [4.69, 9.17) is 11.6 Å². The maximum absolute atomic E-state index is 6.04. The first-order valence-corrected chi connectivity index (χ1v) is 6.82. The van der Waals surface area contributed by atoms with Crippen LogP contribution in [0.15, 0.2) is 12.4 Å². The fourth-order valence-corrected chi connectivity index (χ4v) is 3.64. The highest BCUT2D eigenvalue weighted by Gasteiger charge is 2.39. The van der Waals surface area contributed by atoms with Crippen LogP contribution in [0.5, 0.6) is 0 Å². The second-order valence-electron chi connectivity index (χ2n) is 5.55. The number of fused-ring (bicyclic) bond motifs is 2. The van der Waals surface area contributed by atoms with Crippen LogP contribution in [0.3, 0.4) is 0 Å². The van der Waals surface area contributed by atoms with Gasteiger partial charge in [0, 0.05) is 18.3 Å². The molecular formula is C13H19ClN2. The average Bonchev–Trinajstić information content (AvgIpc) is 2.91. The quantitative estimate of drug-likeness (QED) is 0.736. The summed E-state index contributed by atoms with van der Waals surface area (Å²) in [5.74, 6) is 2.88. The highest BCUT2D eigenvalue weighted by atomic mass is 35.5. The lowest BCUT2D eigenvalue weighted by molar-refractivity contribution is 0.285. The number of aromatic nitrogens is 2. The summed E-state index contributed by atoms with van der Waals surface area (Å²) < 4.78 is 2.10. The van der Waals surface area contributed by atoms with Gasteiger partial charge in [-0.3, -0.25) is 4.68 Å². The summed E-state index contributed by atoms with van der Waals surface area (Å²) in [5.41, 5.74) is 1.14. The van der Waals surface area contributed by atoms with Gasteiger partial charge in [-0.05, 0) is 43.9 Å². The van der Waals surface area contributed by atoms with E-state index in [9.17, 15) is 0 Å². The number of nitrogens with zero attached hydrogens (tertiary/aromatic N) is 2. The summed E-state index contributed by atoms with van der Waals surface area (Å²) in [6.45, 7) is 3.10. The lowest BCUT2D eigenvalue weighted by atomic mass is 9.89. The zero-order valence-corrected chi connectivity index (χ0v) is 10.5. The standard InChI is InChI=1S/C13H19ClN2/c1-9(14)13-6-15-16(8-13)7-12-5-10-2-3-11(12)4-10/h6,8-12H,2-5,7H2,1H3. The minimum Gasteiger partial charge on any atom is -0.272 e. The molecule has 2 nitrogen and oxygen atoms in total. The van der Waals surface area contributed by atoms with Gasteiger partial charge in [0.25, 0.3) is 0 Å². The lowest BCUT2D eigenvalue weighted by Gasteiger charge is -2.21. The van der Waals surface area contributed by atoms with Crippen molar-refractivity contribution in [1.29, 1.82) is 0 Å². The van der Waals surface area contributed by atoms with Crippen molar-refractivity contribution in [3.05, 3.63) is 18.0 Å².